The first-order valence-corrected chi connectivity index (χ1v) is 5.44. The summed E-state index contributed by atoms with van der Waals surface area (Å²) in [6.45, 7) is 0. The van der Waals surface area contributed by atoms with Gasteiger partial charge in [0.25, 0.3) is 0 Å². The smallest absolute Gasteiger partial charge is 0.332 e. The molecule has 0 spiro atoms. The summed E-state index contributed by atoms with van der Waals surface area (Å²) in [7, 11) is 0. The molecule has 3 nitrogen and oxygen atoms in total. The van der Waals surface area contributed by atoms with Gasteiger partial charge in [0.2, 0.25) is 0 Å². The Morgan fingerprint density at radius 3 is 2.29 bits per heavy atom. The highest BCUT2D eigenvalue weighted by Gasteiger charge is 2.16. The molecule has 0 aliphatic rings. The zero-order chi connectivity index (χ0) is 10.7. The summed E-state index contributed by atoms with van der Waals surface area (Å²) in [5.74, 6) is -1.22. The van der Waals surface area contributed by atoms with Crippen LogP contribution < -0.4 is 0 Å². The first kappa shape index (κ1) is 11.7. The van der Waals surface area contributed by atoms with Gasteiger partial charge in [0, 0.05) is 15.4 Å². The molecule has 0 aromatic heterocycles. The van der Waals surface area contributed by atoms with Crippen LogP contribution in [0.25, 0.3) is 0 Å². The van der Waals surface area contributed by atoms with Crippen molar-refractivity contribution in [2.45, 2.75) is 12.5 Å². The Labute approximate surface area is 98.0 Å². The van der Waals surface area contributed by atoms with Crippen molar-refractivity contribution in [2.24, 2.45) is 0 Å². The van der Waals surface area contributed by atoms with Gasteiger partial charge in [-0.15, -0.1) is 0 Å². The normalized spacial score (nSPS) is 12.5. The zero-order valence-corrected chi connectivity index (χ0v) is 10.2. The van der Waals surface area contributed by atoms with E-state index in [0.29, 0.717) is 0 Å². The van der Waals surface area contributed by atoms with E-state index in [0.717, 1.165) is 14.5 Å². The summed E-state index contributed by atoms with van der Waals surface area (Å²) >= 11 is 6.58. The van der Waals surface area contributed by atoms with Crippen LogP contribution in [0, 0.1) is 0 Å². The minimum Gasteiger partial charge on any atom is -0.479 e. The molecule has 0 saturated heterocycles. The molecule has 0 aliphatic carbocycles. The maximum atomic E-state index is 10.4. The van der Waals surface area contributed by atoms with E-state index in [1.54, 1.807) is 12.1 Å². The molecular weight excluding hydrogens is 316 g/mol. The largest absolute Gasteiger partial charge is 0.479 e. The number of carbonyl (C=O) groups is 1. The van der Waals surface area contributed by atoms with Gasteiger partial charge in [-0.1, -0.05) is 37.9 Å². The second kappa shape index (κ2) is 4.91. The van der Waals surface area contributed by atoms with Crippen LogP contribution in [0.1, 0.15) is 5.56 Å². The second-order valence-electron chi connectivity index (χ2n) is 2.76. The number of aliphatic carboxylic acids is 1. The molecule has 0 bridgehead atoms. The Morgan fingerprint density at radius 1 is 1.36 bits per heavy atom. The maximum absolute atomic E-state index is 10.4. The topological polar surface area (TPSA) is 57.5 Å². The molecule has 76 valence electrons. The Bertz CT molecular complexity index is 332. The predicted octanol–water partition coefficient (Wildman–Crippen LogP) is 2.20. The summed E-state index contributed by atoms with van der Waals surface area (Å²) < 4.78 is 1.57. The lowest BCUT2D eigenvalue weighted by Crippen LogP contribution is -2.22. The molecule has 0 saturated carbocycles. The highest BCUT2D eigenvalue weighted by Crippen LogP contribution is 2.26. The molecule has 0 amide bonds. The van der Waals surface area contributed by atoms with E-state index in [1.807, 2.05) is 6.07 Å². The van der Waals surface area contributed by atoms with Crippen LogP contribution in [0.2, 0.25) is 0 Å². The fraction of sp³-hybridized carbons (Fsp3) is 0.222. The Morgan fingerprint density at radius 2 is 1.86 bits per heavy atom. The van der Waals surface area contributed by atoms with Crippen LogP contribution in [-0.2, 0) is 11.2 Å². The van der Waals surface area contributed by atoms with Crippen molar-refractivity contribution in [3.8, 4) is 0 Å². The average molecular weight is 324 g/mol. The molecule has 0 heterocycles. The third-order valence-electron chi connectivity index (χ3n) is 1.74. The van der Waals surface area contributed by atoms with Gasteiger partial charge in [-0.05, 0) is 17.7 Å². The van der Waals surface area contributed by atoms with E-state index in [2.05, 4.69) is 31.9 Å². The van der Waals surface area contributed by atoms with Gasteiger partial charge < -0.3 is 10.2 Å². The van der Waals surface area contributed by atoms with E-state index in [9.17, 15) is 9.90 Å². The van der Waals surface area contributed by atoms with Crippen molar-refractivity contribution in [3.63, 3.8) is 0 Å². The van der Waals surface area contributed by atoms with Crippen molar-refractivity contribution in [1.29, 1.82) is 0 Å². The van der Waals surface area contributed by atoms with Gasteiger partial charge >= 0.3 is 5.97 Å². The van der Waals surface area contributed by atoms with Gasteiger partial charge in [-0.2, -0.15) is 0 Å². The van der Waals surface area contributed by atoms with Crippen LogP contribution in [0.4, 0.5) is 0 Å². The number of rotatable bonds is 3. The number of hydrogen-bond donors (Lipinski definition) is 2. The van der Waals surface area contributed by atoms with Crippen molar-refractivity contribution in [1.82, 2.24) is 0 Å². The van der Waals surface area contributed by atoms with Gasteiger partial charge in [-0.3, -0.25) is 0 Å². The summed E-state index contributed by atoms with van der Waals surface area (Å²) in [5.41, 5.74) is 0.752. The molecule has 2 N–H and O–H groups in total. The van der Waals surface area contributed by atoms with Crippen LogP contribution >= 0.6 is 31.9 Å². The predicted molar refractivity (Wildman–Crippen MR) is 59.2 cm³/mol. The quantitative estimate of drug-likeness (QED) is 0.896. The standard InChI is InChI=1S/C9H8Br2O3/c10-6-2-1-3-7(11)5(6)4-8(12)9(13)14/h1-3,8,12H,4H2,(H,13,14). The van der Waals surface area contributed by atoms with Crippen LogP contribution in [0.3, 0.4) is 0 Å². The molecule has 0 aliphatic heterocycles. The average Bonchev–Trinajstić information content (AvgIpc) is 2.11. The van der Waals surface area contributed by atoms with Crippen LogP contribution in [0.5, 0.6) is 0 Å². The minimum atomic E-state index is -1.37. The Hall–Kier alpha value is -0.390. The molecule has 1 rings (SSSR count). The molecule has 1 atom stereocenters. The number of halogens is 2. The number of aliphatic hydroxyl groups excluding tert-OH is 1. The number of hydrogen-bond acceptors (Lipinski definition) is 2. The number of benzene rings is 1. The van der Waals surface area contributed by atoms with Crippen molar-refractivity contribution < 1.29 is 15.0 Å². The van der Waals surface area contributed by atoms with E-state index < -0.39 is 12.1 Å². The Kier molecular flexibility index (Phi) is 4.10. The molecule has 5 heteroatoms. The fourth-order valence-electron chi connectivity index (χ4n) is 1.01. The SMILES string of the molecule is O=C(O)C(O)Cc1c(Br)cccc1Br. The molecule has 1 unspecified atom stereocenters. The maximum Gasteiger partial charge on any atom is 0.332 e. The third kappa shape index (κ3) is 2.80. The highest BCUT2D eigenvalue weighted by molar-refractivity contribution is 9.11. The number of carboxylic acids is 1. The third-order valence-corrected chi connectivity index (χ3v) is 3.23. The fourth-order valence-corrected chi connectivity index (χ4v) is 2.33. The Balaban J connectivity index is 2.91. The summed E-state index contributed by atoms with van der Waals surface area (Å²) in [5, 5.41) is 17.7. The summed E-state index contributed by atoms with van der Waals surface area (Å²) in [6, 6.07) is 5.42. The molecule has 0 radical (unpaired) electrons. The monoisotopic (exact) mass is 322 g/mol. The zero-order valence-electron chi connectivity index (χ0n) is 7.08. The molecule has 1 aromatic carbocycles. The lowest BCUT2D eigenvalue weighted by molar-refractivity contribution is -0.146. The molecule has 0 fully saturated rings. The van der Waals surface area contributed by atoms with E-state index in [4.69, 9.17) is 5.11 Å². The van der Waals surface area contributed by atoms with Crippen LogP contribution in [0.15, 0.2) is 27.1 Å². The first-order chi connectivity index (χ1) is 6.52. The van der Waals surface area contributed by atoms with Gasteiger partial charge in [-0.25, -0.2) is 4.79 Å². The van der Waals surface area contributed by atoms with Gasteiger partial charge in [0.15, 0.2) is 6.10 Å². The van der Waals surface area contributed by atoms with E-state index in [1.165, 1.54) is 0 Å². The molecule has 1 aromatic rings. The van der Waals surface area contributed by atoms with E-state index >= 15 is 0 Å². The highest BCUT2D eigenvalue weighted by atomic mass is 79.9. The van der Waals surface area contributed by atoms with E-state index in [-0.39, 0.29) is 6.42 Å². The summed E-state index contributed by atoms with van der Waals surface area (Å²) in [6.07, 6.45) is -1.29. The van der Waals surface area contributed by atoms with Crippen molar-refractivity contribution in [2.75, 3.05) is 0 Å². The van der Waals surface area contributed by atoms with Crippen LogP contribution in [-0.4, -0.2) is 22.3 Å². The van der Waals surface area contributed by atoms with Crippen molar-refractivity contribution in [3.05, 3.63) is 32.7 Å². The first-order valence-electron chi connectivity index (χ1n) is 3.86. The number of carboxylic acid groups (broad SMARTS) is 1. The van der Waals surface area contributed by atoms with Crippen molar-refractivity contribution >= 4 is 37.8 Å². The molecular formula is C9H8Br2O3. The summed E-state index contributed by atoms with van der Waals surface area (Å²) in [4.78, 5) is 10.4. The minimum absolute atomic E-state index is 0.0807. The number of aliphatic hydroxyl groups is 1. The van der Waals surface area contributed by atoms with Gasteiger partial charge in [0.1, 0.15) is 0 Å². The van der Waals surface area contributed by atoms with Gasteiger partial charge in [0.05, 0.1) is 0 Å². The lowest BCUT2D eigenvalue weighted by Gasteiger charge is -2.09. The second-order valence-corrected chi connectivity index (χ2v) is 4.47. The lowest BCUT2D eigenvalue weighted by atomic mass is 10.1. The molecule has 14 heavy (non-hydrogen) atoms.